The van der Waals surface area contributed by atoms with Gasteiger partial charge in [-0.25, -0.2) is 10.0 Å². The van der Waals surface area contributed by atoms with E-state index in [1.165, 1.54) is 38.5 Å². The van der Waals surface area contributed by atoms with Crippen LogP contribution >= 0.6 is 0 Å². The summed E-state index contributed by atoms with van der Waals surface area (Å²) in [5.41, 5.74) is 11.3. The highest BCUT2D eigenvalue weighted by atomic mass is 15.6. The van der Waals surface area contributed by atoms with Crippen molar-refractivity contribution in [3.63, 3.8) is 0 Å². The van der Waals surface area contributed by atoms with E-state index in [9.17, 15) is 0 Å². The van der Waals surface area contributed by atoms with Crippen molar-refractivity contribution in [1.29, 1.82) is 0 Å². The van der Waals surface area contributed by atoms with Gasteiger partial charge in [-0.1, -0.05) is 12.8 Å². The molecule has 0 atom stereocenters. The van der Waals surface area contributed by atoms with Gasteiger partial charge in [-0.2, -0.15) is 0 Å². The molecule has 0 aromatic carbocycles. The van der Waals surface area contributed by atoms with Crippen molar-refractivity contribution < 1.29 is 0 Å². The summed E-state index contributed by atoms with van der Waals surface area (Å²) >= 11 is 0. The van der Waals surface area contributed by atoms with E-state index < -0.39 is 0 Å². The van der Waals surface area contributed by atoms with Crippen LogP contribution in [0.25, 0.3) is 0 Å². The molecular weight excluding hydrogens is 396 g/mol. The van der Waals surface area contributed by atoms with Gasteiger partial charge in [0.2, 0.25) is 0 Å². The molecule has 2 aliphatic heterocycles. The molecule has 6 N–H and O–H groups in total. The second-order valence-electron chi connectivity index (χ2n) is 13.0. The lowest BCUT2D eigenvalue weighted by molar-refractivity contribution is -0.0998. The van der Waals surface area contributed by atoms with E-state index in [-0.39, 0.29) is 22.2 Å². The molecule has 6 nitrogen and oxygen atoms in total. The van der Waals surface area contributed by atoms with Crippen LogP contribution in [0.4, 0.5) is 0 Å². The van der Waals surface area contributed by atoms with E-state index in [1.807, 2.05) is 0 Å². The Morgan fingerprint density at radius 2 is 0.812 bits per heavy atom. The van der Waals surface area contributed by atoms with Gasteiger partial charge in [-0.15, -0.1) is 0 Å². The highest BCUT2D eigenvalue weighted by Crippen LogP contribution is 2.35. The lowest BCUT2D eigenvalue weighted by Crippen LogP contribution is -2.66. The van der Waals surface area contributed by atoms with E-state index in [0.29, 0.717) is 12.1 Å². The number of hydrogen-bond donors (Lipinski definition) is 4. The molecule has 2 rings (SSSR count). The number of rotatable bonds is 8. The summed E-state index contributed by atoms with van der Waals surface area (Å²) in [6, 6.07) is 1.17. The van der Waals surface area contributed by atoms with Crippen LogP contribution in [0.15, 0.2) is 0 Å². The molecule has 0 spiro atoms. The Balaban J connectivity index is 0.000000547. The van der Waals surface area contributed by atoms with E-state index in [0.717, 1.165) is 25.9 Å². The van der Waals surface area contributed by atoms with Gasteiger partial charge in [0.15, 0.2) is 0 Å². The standard InChI is InChI=1S/C20H42N4.C6H16N2/c1-17(2)11-15(12-18(3,4)21-17)23(9)24(10)16-13-19(5,6)22-20(7,8)14-16;7-5-3-1-2-4-6-8/h15-16,21-22H,11-14H2,1-10H3;1-8H2. The molecule has 32 heavy (non-hydrogen) atoms. The van der Waals surface area contributed by atoms with Crippen LogP contribution in [0.2, 0.25) is 0 Å². The van der Waals surface area contributed by atoms with Crippen molar-refractivity contribution in [1.82, 2.24) is 20.7 Å². The second-order valence-corrected chi connectivity index (χ2v) is 13.0. The summed E-state index contributed by atoms with van der Waals surface area (Å²) in [4.78, 5) is 0. The van der Waals surface area contributed by atoms with Crippen molar-refractivity contribution in [3.05, 3.63) is 0 Å². The molecule has 0 saturated carbocycles. The lowest BCUT2D eigenvalue weighted by Gasteiger charge is -2.54. The van der Waals surface area contributed by atoms with E-state index in [1.54, 1.807) is 0 Å². The zero-order valence-corrected chi connectivity index (χ0v) is 23.3. The van der Waals surface area contributed by atoms with Crippen LogP contribution in [-0.2, 0) is 0 Å². The third kappa shape index (κ3) is 10.4. The quantitative estimate of drug-likeness (QED) is 0.329. The minimum Gasteiger partial charge on any atom is -0.330 e. The minimum absolute atomic E-state index is 0.189. The molecule has 2 heterocycles. The molecule has 0 aromatic heterocycles. The largest absolute Gasteiger partial charge is 0.330 e. The SMILES string of the molecule is CN(C1CC(C)(C)NC(C)(C)C1)N(C)C1CC(C)(C)NC(C)(C)C1.NCCCCCCN. The number of nitrogens with one attached hydrogen (secondary N) is 2. The predicted molar refractivity (Wildman–Crippen MR) is 141 cm³/mol. The number of unbranched alkanes of at least 4 members (excludes halogenated alkanes) is 3. The predicted octanol–water partition coefficient (Wildman–Crippen LogP) is 3.85. The van der Waals surface area contributed by atoms with Crippen LogP contribution in [0, 0.1) is 0 Å². The normalized spacial score (nSPS) is 24.9. The fourth-order valence-electron chi connectivity index (χ4n) is 6.22. The smallest absolute Gasteiger partial charge is 0.0277 e. The summed E-state index contributed by atoms with van der Waals surface area (Å²) in [5.74, 6) is 0. The molecule has 0 bridgehead atoms. The molecule has 6 heteroatoms. The molecule has 2 aliphatic rings. The van der Waals surface area contributed by atoms with E-state index in [2.05, 4.69) is 90.1 Å². The van der Waals surface area contributed by atoms with Crippen LogP contribution in [0.3, 0.4) is 0 Å². The average Bonchev–Trinajstić information content (AvgIpc) is 2.59. The van der Waals surface area contributed by atoms with E-state index in [4.69, 9.17) is 11.5 Å². The first-order valence-corrected chi connectivity index (χ1v) is 13.0. The van der Waals surface area contributed by atoms with Crippen molar-refractivity contribution in [3.8, 4) is 0 Å². The summed E-state index contributed by atoms with van der Waals surface area (Å²) in [6.07, 6.45) is 9.55. The van der Waals surface area contributed by atoms with Gasteiger partial charge < -0.3 is 22.1 Å². The first-order valence-electron chi connectivity index (χ1n) is 13.0. The van der Waals surface area contributed by atoms with Gasteiger partial charge in [0.05, 0.1) is 0 Å². The monoisotopic (exact) mass is 454 g/mol. The van der Waals surface area contributed by atoms with Gasteiger partial charge in [0.1, 0.15) is 0 Å². The van der Waals surface area contributed by atoms with Crippen molar-refractivity contribution in [2.45, 2.75) is 141 Å². The molecule has 0 unspecified atom stereocenters. The van der Waals surface area contributed by atoms with Crippen molar-refractivity contribution >= 4 is 0 Å². The van der Waals surface area contributed by atoms with Crippen molar-refractivity contribution in [2.24, 2.45) is 11.5 Å². The van der Waals surface area contributed by atoms with Gasteiger partial charge >= 0.3 is 0 Å². The highest BCUT2D eigenvalue weighted by molar-refractivity contribution is 5.02. The van der Waals surface area contributed by atoms with Gasteiger partial charge in [-0.05, 0) is 107 Å². The Hall–Kier alpha value is -0.240. The number of hydrazine groups is 1. The van der Waals surface area contributed by atoms with Crippen molar-refractivity contribution in [2.75, 3.05) is 27.2 Å². The molecule has 2 fully saturated rings. The van der Waals surface area contributed by atoms with Crippen LogP contribution in [0.5, 0.6) is 0 Å². The number of hydrogen-bond acceptors (Lipinski definition) is 6. The maximum absolute atomic E-state index is 5.28. The third-order valence-corrected chi connectivity index (χ3v) is 7.05. The van der Waals surface area contributed by atoms with Gasteiger partial charge in [0.25, 0.3) is 0 Å². The maximum Gasteiger partial charge on any atom is 0.0277 e. The van der Waals surface area contributed by atoms with Crippen LogP contribution in [0.1, 0.15) is 107 Å². The Kier molecular flexibility index (Phi) is 11.1. The zero-order chi connectivity index (χ0) is 24.8. The first-order chi connectivity index (χ1) is 14.5. The number of piperidine rings is 2. The van der Waals surface area contributed by atoms with E-state index >= 15 is 0 Å². The molecular formula is C26H58N6. The maximum atomic E-state index is 5.28. The topological polar surface area (TPSA) is 82.6 Å². The molecule has 192 valence electrons. The minimum atomic E-state index is 0.189. The van der Waals surface area contributed by atoms with Crippen LogP contribution in [-0.4, -0.2) is 71.4 Å². The number of nitrogens with two attached hydrogens (primary N) is 2. The van der Waals surface area contributed by atoms with Gasteiger partial charge in [0, 0.05) is 48.3 Å². The third-order valence-electron chi connectivity index (χ3n) is 7.05. The summed E-state index contributed by atoms with van der Waals surface area (Å²) in [7, 11) is 4.59. The van der Waals surface area contributed by atoms with Gasteiger partial charge in [-0.3, -0.25) is 0 Å². The fraction of sp³-hybridized carbons (Fsp3) is 1.00. The first kappa shape index (κ1) is 29.8. The van der Waals surface area contributed by atoms with Crippen LogP contribution < -0.4 is 22.1 Å². The molecule has 0 amide bonds. The lowest BCUT2D eigenvalue weighted by atomic mass is 9.78. The summed E-state index contributed by atoms with van der Waals surface area (Å²) < 4.78 is 0. The number of nitrogens with zero attached hydrogens (tertiary/aromatic N) is 2. The Labute approximate surface area is 200 Å². The molecule has 0 radical (unpaired) electrons. The fourth-order valence-corrected chi connectivity index (χ4v) is 6.22. The summed E-state index contributed by atoms with van der Waals surface area (Å²) in [5, 5.41) is 12.7. The second kappa shape index (κ2) is 11.9. The summed E-state index contributed by atoms with van der Waals surface area (Å²) in [6.45, 7) is 20.4. The average molecular weight is 455 g/mol. The molecule has 0 aliphatic carbocycles. The Morgan fingerprint density at radius 3 is 1.03 bits per heavy atom. The zero-order valence-electron chi connectivity index (χ0n) is 23.3. The molecule has 0 aromatic rings. The Bertz CT molecular complexity index is 462. The molecule has 2 saturated heterocycles. The highest BCUT2D eigenvalue weighted by Gasteiger charge is 2.43. The Morgan fingerprint density at radius 1 is 0.562 bits per heavy atom.